The molecule has 0 aliphatic rings. The lowest BCUT2D eigenvalue weighted by Crippen LogP contribution is -1.99. The van der Waals surface area contributed by atoms with E-state index in [2.05, 4.69) is 48.6 Å². The lowest BCUT2D eigenvalue weighted by molar-refractivity contribution is 0.309. The van der Waals surface area contributed by atoms with Crippen LogP contribution in [0, 0.1) is 0 Å². The van der Waals surface area contributed by atoms with E-state index in [1.807, 2.05) is 18.2 Å². The van der Waals surface area contributed by atoms with Crippen LogP contribution in [0.2, 0.25) is 0 Å². The molecule has 100 valence electrons. The van der Waals surface area contributed by atoms with Gasteiger partial charge in [0.1, 0.15) is 5.75 Å². The van der Waals surface area contributed by atoms with Crippen molar-refractivity contribution in [3.05, 3.63) is 60.2 Å². The number of ether oxygens (including phenoxy) is 1. The van der Waals surface area contributed by atoms with E-state index in [9.17, 15) is 0 Å². The van der Waals surface area contributed by atoms with Crippen LogP contribution in [0.5, 0.6) is 5.75 Å². The molecule has 0 amide bonds. The summed E-state index contributed by atoms with van der Waals surface area (Å²) in [6.07, 6.45) is 2.27. The van der Waals surface area contributed by atoms with Gasteiger partial charge >= 0.3 is 0 Å². The maximum absolute atomic E-state index is 5.64. The molecule has 0 heterocycles. The van der Waals surface area contributed by atoms with Crippen LogP contribution in [0.25, 0.3) is 0 Å². The quantitative estimate of drug-likeness (QED) is 0.737. The summed E-state index contributed by atoms with van der Waals surface area (Å²) >= 11 is 0. The number of nitrogens with one attached hydrogen (secondary N) is 1. The highest BCUT2D eigenvalue weighted by Gasteiger charge is 1.96. The molecule has 0 spiro atoms. The molecule has 2 aromatic carbocycles. The average molecular weight is 255 g/mol. The first-order chi connectivity index (χ1) is 9.38. The van der Waals surface area contributed by atoms with Crippen LogP contribution in [-0.2, 0) is 6.54 Å². The Morgan fingerprint density at radius 3 is 2.37 bits per heavy atom. The SMILES string of the molecule is CCCCOc1ccc(NCc2ccccc2)cc1. The van der Waals surface area contributed by atoms with Crippen molar-refractivity contribution in [3.8, 4) is 5.75 Å². The zero-order valence-corrected chi connectivity index (χ0v) is 11.4. The second kappa shape index (κ2) is 7.47. The molecule has 2 rings (SSSR count). The van der Waals surface area contributed by atoms with Crippen molar-refractivity contribution in [1.82, 2.24) is 0 Å². The monoisotopic (exact) mass is 255 g/mol. The van der Waals surface area contributed by atoms with E-state index in [1.54, 1.807) is 0 Å². The number of benzene rings is 2. The van der Waals surface area contributed by atoms with Crippen molar-refractivity contribution in [2.24, 2.45) is 0 Å². The Morgan fingerprint density at radius 1 is 0.947 bits per heavy atom. The molecule has 0 aliphatic heterocycles. The Morgan fingerprint density at radius 2 is 1.68 bits per heavy atom. The number of anilines is 1. The van der Waals surface area contributed by atoms with Crippen molar-refractivity contribution in [2.75, 3.05) is 11.9 Å². The minimum Gasteiger partial charge on any atom is -0.494 e. The van der Waals surface area contributed by atoms with E-state index in [1.165, 1.54) is 5.56 Å². The number of unbranched alkanes of at least 4 members (excludes halogenated alkanes) is 1. The molecular formula is C17H21NO. The second-order valence-electron chi connectivity index (χ2n) is 4.57. The van der Waals surface area contributed by atoms with Crippen LogP contribution in [-0.4, -0.2) is 6.61 Å². The van der Waals surface area contributed by atoms with Crippen LogP contribution in [0.4, 0.5) is 5.69 Å². The Bertz CT molecular complexity index is 464. The topological polar surface area (TPSA) is 21.3 Å². The summed E-state index contributed by atoms with van der Waals surface area (Å²) in [7, 11) is 0. The summed E-state index contributed by atoms with van der Waals surface area (Å²) in [6.45, 7) is 3.81. The van der Waals surface area contributed by atoms with E-state index < -0.39 is 0 Å². The molecule has 19 heavy (non-hydrogen) atoms. The van der Waals surface area contributed by atoms with Gasteiger partial charge in [-0.25, -0.2) is 0 Å². The molecule has 0 saturated carbocycles. The Kier molecular flexibility index (Phi) is 5.30. The molecule has 0 atom stereocenters. The molecule has 0 bridgehead atoms. The fraction of sp³-hybridized carbons (Fsp3) is 0.294. The summed E-state index contributed by atoms with van der Waals surface area (Å²) in [4.78, 5) is 0. The zero-order chi connectivity index (χ0) is 13.3. The molecule has 0 unspecified atom stereocenters. The van der Waals surface area contributed by atoms with Gasteiger partial charge in [0.2, 0.25) is 0 Å². The fourth-order valence-corrected chi connectivity index (χ4v) is 1.80. The van der Waals surface area contributed by atoms with E-state index in [0.29, 0.717) is 0 Å². The smallest absolute Gasteiger partial charge is 0.119 e. The second-order valence-corrected chi connectivity index (χ2v) is 4.57. The standard InChI is InChI=1S/C17H21NO/c1-2-3-13-19-17-11-9-16(10-12-17)18-14-15-7-5-4-6-8-15/h4-12,18H,2-3,13-14H2,1H3. The zero-order valence-electron chi connectivity index (χ0n) is 11.4. The highest BCUT2D eigenvalue weighted by atomic mass is 16.5. The molecular weight excluding hydrogens is 234 g/mol. The van der Waals surface area contributed by atoms with Crippen molar-refractivity contribution in [2.45, 2.75) is 26.3 Å². The van der Waals surface area contributed by atoms with Gasteiger partial charge in [0.05, 0.1) is 6.61 Å². The minimum absolute atomic E-state index is 0.799. The summed E-state index contributed by atoms with van der Waals surface area (Å²) in [5.74, 6) is 0.943. The van der Waals surface area contributed by atoms with Crippen molar-refractivity contribution < 1.29 is 4.74 Å². The largest absolute Gasteiger partial charge is 0.494 e. The first-order valence-electron chi connectivity index (χ1n) is 6.89. The predicted molar refractivity (Wildman–Crippen MR) is 80.6 cm³/mol. The molecule has 0 radical (unpaired) electrons. The molecule has 2 nitrogen and oxygen atoms in total. The van der Waals surface area contributed by atoms with Gasteiger partial charge in [-0.15, -0.1) is 0 Å². The summed E-state index contributed by atoms with van der Waals surface area (Å²) < 4.78 is 5.64. The average Bonchev–Trinajstić information content (AvgIpc) is 2.48. The van der Waals surface area contributed by atoms with Gasteiger partial charge < -0.3 is 10.1 Å². The van der Waals surface area contributed by atoms with Crippen molar-refractivity contribution in [1.29, 1.82) is 0 Å². The number of hydrogen-bond donors (Lipinski definition) is 1. The molecule has 1 N–H and O–H groups in total. The first kappa shape index (κ1) is 13.5. The Hall–Kier alpha value is -1.96. The third-order valence-corrected chi connectivity index (χ3v) is 2.96. The third kappa shape index (κ3) is 4.66. The van der Waals surface area contributed by atoms with Crippen LogP contribution < -0.4 is 10.1 Å². The van der Waals surface area contributed by atoms with E-state index in [-0.39, 0.29) is 0 Å². The van der Waals surface area contributed by atoms with E-state index in [4.69, 9.17) is 4.74 Å². The lowest BCUT2D eigenvalue weighted by atomic mass is 10.2. The van der Waals surface area contributed by atoms with E-state index in [0.717, 1.165) is 37.4 Å². The van der Waals surface area contributed by atoms with Gasteiger partial charge in [-0.3, -0.25) is 0 Å². The molecule has 0 aromatic heterocycles. The highest BCUT2D eigenvalue weighted by Crippen LogP contribution is 2.16. The lowest BCUT2D eigenvalue weighted by Gasteiger charge is -2.08. The van der Waals surface area contributed by atoms with Gasteiger partial charge in [-0.2, -0.15) is 0 Å². The van der Waals surface area contributed by atoms with Gasteiger partial charge in [-0.1, -0.05) is 43.7 Å². The minimum atomic E-state index is 0.799. The predicted octanol–water partition coefficient (Wildman–Crippen LogP) is 4.48. The molecule has 0 saturated heterocycles. The normalized spacial score (nSPS) is 10.2. The van der Waals surface area contributed by atoms with Gasteiger partial charge in [0.25, 0.3) is 0 Å². The molecule has 0 fully saturated rings. The maximum atomic E-state index is 5.64. The van der Waals surface area contributed by atoms with E-state index >= 15 is 0 Å². The fourth-order valence-electron chi connectivity index (χ4n) is 1.80. The van der Waals surface area contributed by atoms with Crippen molar-refractivity contribution in [3.63, 3.8) is 0 Å². The highest BCUT2D eigenvalue weighted by molar-refractivity contribution is 5.46. The van der Waals surface area contributed by atoms with Crippen LogP contribution in [0.1, 0.15) is 25.3 Å². The summed E-state index contributed by atoms with van der Waals surface area (Å²) in [6, 6.07) is 18.5. The van der Waals surface area contributed by atoms with Crippen LogP contribution in [0.3, 0.4) is 0 Å². The summed E-state index contributed by atoms with van der Waals surface area (Å²) in [5.41, 5.74) is 2.40. The Balaban J connectivity index is 1.81. The Labute approximate surface area is 115 Å². The molecule has 2 heteroatoms. The molecule has 2 aromatic rings. The van der Waals surface area contributed by atoms with Crippen LogP contribution in [0.15, 0.2) is 54.6 Å². The third-order valence-electron chi connectivity index (χ3n) is 2.96. The van der Waals surface area contributed by atoms with Crippen LogP contribution >= 0.6 is 0 Å². The molecule has 0 aliphatic carbocycles. The van der Waals surface area contributed by atoms with Crippen molar-refractivity contribution >= 4 is 5.69 Å². The van der Waals surface area contributed by atoms with Gasteiger partial charge in [0.15, 0.2) is 0 Å². The first-order valence-corrected chi connectivity index (χ1v) is 6.89. The number of hydrogen-bond acceptors (Lipinski definition) is 2. The summed E-state index contributed by atoms with van der Waals surface area (Å²) in [5, 5.41) is 3.40. The number of rotatable bonds is 7. The maximum Gasteiger partial charge on any atom is 0.119 e. The van der Waals surface area contributed by atoms with Gasteiger partial charge in [0, 0.05) is 12.2 Å². The van der Waals surface area contributed by atoms with Gasteiger partial charge in [-0.05, 0) is 36.2 Å².